The summed E-state index contributed by atoms with van der Waals surface area (Å²) in [6.07, 6.45) is 1.09. The van der Waals surface area contributed by atoms with Gasteiger partial charge in [0.05, 0.1) is 23.9 Å². The van der Waals surface area contributed by atoms with Crippen molar-refractivity contribution in [3.63, 3.8) is 0 Å². The van der Waals surface area contributed by atoms with Gasteiger partial charge in [-0.1, -0.05) is 40.5 Å². The van der Waals surface area contributed by atoms with Crippen molar-refractivity contribution in [1.29, 1.82) is 0 Å². The van der Waals surface area contributed by atoms with Gasteiger partial charge in [-0.05, 0) is 79.4 Å². The van der Waals surface area contributed by atoms with Gasteiger partial charge in [0, 0.05) is 18.4 Å². The molecule has 4 aliphatic rings. The van der Waals surface area contributed by atoms with Gasteiger partial charge < -0.3 is 30.1 Å². The molecule has 4 saturated carbocycles. The maximum atomic E-state index is 11.8. The van der Waals surface area contributed by atoms with Crippen LogP contribution in [0.4, 0.5) is 0 Å². The molecule has 4 rings (SSSR count). The Morgan fingerprint density at radius 3 is 2.34 bits per heavy atom. The van der Waals surface area contributed by atoms with Crippen molar-refractivity contribution in [3.8, 4) is 0 Å². The molecule has 4 fully saturated rings. The Morgan fingerprint density at radius 2 is 1.74 bits per heavy atom. The topological polar surface area (TPSA) is 168 Å². The number of fused-ring (bicyclic) bond motifs is 5. The van der Waals surface area contributed by atoms with E-state index in [1.54, 1.807) is 0 Å². The van der Waals surface area contributed by atoms with Crippen LogP contribution in [0.3, 0.4) is 0 Å². The third-order valence-corrected chi connectivity index (χ3v) is 11.9. The van der Waals surface area contributed by atoms with Crippen LogP contribution < -0.4 is 29.6 Å². The summed E-state index contributed by atoms with van der Waals surface area (Å²) in [4.78, 5) is 0. The van der Waals surface area contributed by atoms with Crippen LogP contribution >= 0.6 is 0 Å². The fraction of sp³-hybridized carbons (Fsp3) is 1.00. The summed E-state index contributed by atoms with van der Waals surface area (Å²) in [5, 5.41) is 54.2. The molecule has 0 amide bonds. The summed E-state index contributed by atoms with van der Waals surface area (Å²) < 4.78 is 40.7. The maximum Gasteiger partial charge on any atom is 1.00 e. The van der Waals surface area contributed by atoms with Crippen molar-refractivity contribution in [2.24, 2.45) is 46.3 Å². The molecule has 4 aliphatic carbocycles. The molecule has 0 unspecified atom stereocenters. The quantitative estimate of drug-likeness (QED) is 0.139. The Hall–Kier alpha value is 0.670. The van der Waals surface area contributed by atoms with Crippen molar-refractivity contribution in [1.82, 2.24) is 0 Å². The molecule has 216 valence electrons. The number of rotatable bonds is 8. The molecule has 0 aliphatic heterocycles. The molecule has 0 radical (unpaired) electrons. The average Bonchev–Trinajstić information content (AvgIpc) is 3.00. The van der Waals surface area contributed by atoms with Gasteiger partial charge in [0.1, 0.15) is 6.10 Å². The predicted octanol–water partition coefficient (Wildman–Crippen LogP) is -1.04. The normalized spacial score (nSPS) is 48.3. The smallest absolute Gasteiger partial charge is 0.726 e. The van der Waals surface area contributed by atoms with Crippen molar-refractivity contribution in [2.45, 2.75) is 115 Å². The van der Waals surface area contributed by atoms with E-state index in [-0.39, 0.29) is 78.6 Å². The SMILES string of the molecule is C[C@H](CO)CCC[C@@H](C)[C@H]1[C@@H](O)[C@H](OS(=O)(=O)[O-])[C@H]2[C@@H]3C[C@@H](O)[C@@]4(O)C[C@@H](O)CC[C@]4(C)[C@H]3CC[C@@]21C.[Na+]. The number of aliphatic hydroxyl groups is 5. The van der Waals surface area contributed by atoms with Gasteiger partial charge in [-0.2, -0.15) is 0 Å². The Bertz CT molecular complexity index is 936. The number of hydrogen-bond donors (Lipinski definition) is 5. The summed E-state index contributed by atoms with van der Waals surface area (Å²) in [5.74, 6) is -0.886. The monoisotopic (exact) mass is 570 g/mol. The van der Waals surface area contributed by atoms with E-state index >= 15 is 0 Å². The van der Waals surface area contributed by atoms with Crippen LogP contribution in [0.5, 0.6) is 0 Å². The van der Waals surface area contributed by atoms with Crippen molar-refractivity contribution >= 4 is 10.4 Å². The summed E-state index contributed by atoms with van der Waals surface area (Å²) in [6, 6.07) is 0. The molecule has 0 aromatic rings. The van der Waals surface area contributed by atoms with Gasteiger partial charge in [-0.25, -0.2) is 8.42 Å². The van der Waals surface area contributed by atoms with Gasteiger partial charge in [0.25, 0.3) is 0 Å². The largest absolute Gasteiger partial charge is 1.00 e. The Labute approximate surface area is 250 Å². The number of hydrogen-bond acceptors (Lipinski definition) is 9. The second kappa shape index (κ2) is 11.7. The Morgan fingerprint density at radius 1 is 1.08 bits per heavy atom. The van der Waals surface area contributed by atoms with Crippen molar-refractivity contribution in [2.75, 3.05) is 6.61 Å². The van der Waals surface area contributed by atoms with Crippen LogP contribution in [0.25, 0.3) is 0 Å². The van der Waals surface area contributed by atoms with Gasteiger partial charge in [-0.15, -0.1) is 0 Å². The molecular formula is C27H47NaO9S. The van der Waals surface area contributed by atoms with E-state index in [1.165, 1.54) is 0 Å². The van der Waals surface area contributed by atoms with Gasteiger partial charge in [0.15, 0.2) is 0 Å². The van der Waals surface area contributed by atoms with E-state index in [2.05, 4.69) is 13.8 Å². The van der Waals surface area contributed by atoms with Crippen LogP contribution in [0.2, 0.25) is 0 Å². The summed E-state index contributed by atoms with van der Waals surface area (Å²) in [5.41, 5.74) is -2.66. The first-order chi connectivity index (χ1) is 17.1. The minimum atomic E-state index is -5.09. The molecule has 5 N–H and O–H groups in total. The molecule has 0 heterocycles. The fourth-order valence-electron chi connectivity index (χ4n) is 9.65. The van der Waals surface area contributed by atoms with Crippen molar-refractivity contribution < 1.29 is 72.2 Å². The van der Waals surface area contributed by atoms with Gasteiger partial charge in [-0.3, -0.25) is 4.18 Å². The van der Waals surface area contributed by atoms with Crippen LogP contribution in [0, 0.1) is 46.3 Å². The second-order valence-electron chi connectivity index (χ2n) is 13.5. The molecule has 0 aromatic heterocycles. The van der Waals surface area contributed by atoms with Crippen LogP contribution in [0.15, 0.2) is 0 Å². The van der Waals surface area contributed by atoms with Gasteiger partial charge >= 0.3 is 29.6 Å². The minimum absolute atomic E-state index is 0. The summed E-state index contributed by atoms with van der Waals surface area (Å²) >= 11 is 0. The average molecular weight is 571 g/mol. The molecular weight excluding hydrogens is 523 g/mol. The molecule has 0 bridgehead atoms. The first-order valence-electron chi connectivity index (χ1n) is 14.1. The maximum absolute atomic E-state index is 11.8. The van der Waals surface area contributed by atoms with E-state index in [0.29, 0.717) is 19.3 Å². The van der Waals surface area contributed by atoms with E-state index in [4.69, 9.17) is 4.18 Å². The Balaban J connectivity index is 0.00000400. The molecule has 0 saturated heterocycles. The summed E-state index contributed by atoms with van der Waals surface area (Å²) in [7, 11) is -5.09. The molecule has 0 aromatic carbocycles. The van der Waals surface area contributed by atoms with Crippen LogP contribution in [0.1, 0.15) is 85.5 Å². The van der Waals surface area contributed by atoms with Crippen LogP contribution in [-0.2, 0) is 14.6 Å². The molecule has 9 nitrogen and oxygen atoms in total. The molecule has 13 atom stereocenters. The fourth-order valence-corrected chi connectivity index (χ4v) is 10.2. The van der Waals surface area contributed by atoms with E-state index < -0.39 is 57.2 Å². The minimum Gasteiger partial charge on any atom is -0.726 e. The van der Waals surface area contributed by atoms with E-state index in [0.717, 1.165) is 25.7 Å². The van der Waals surface area contributed by atoms with Crippen molar-refractivity contribution in [3.05, 3.63) is 0 Å². The second-order valence-corrected chi connectivity index (χ2v) is 14.5. The third-order valence-electron chi connectivity index (χ3n) is 11.5. The van der Waals surface area contributed by atoms with E-state index in [9.17, 15) is 38.5 Å². The summed E-state index contributed by atoms with van der Waals surface area (Å²) in [6.45, 7) is 8.19. The van der Waals surface area contributed by atoms with E-state index in [1.807, 2.05) is 13.8 Å². The van der Waals surface area contributed by atoms with Crippen LogP contribution in [-0.4, -0.2) is 75.1 Å². The predicted molar refractivity (Wildman–Crippen MR) is 135 cm³/mol. The van der Waals surface area contributed by atoms with Gasteiger partial charge in [0.2, 0.25) is 10.4 Å². The molecule has 11 heteroatoms. The Kier molecular flexibility index (Phi) is 10.3. The first kappa shape index (κ1) is 33.2. The zero-order chi connectivity index (χ0) is 27.6. The molecule has 0 spiro atoms. The molecule has 38 heavy (non-hydrogen) atoms. The zero-order valence-electron chi connectivity index (χ0n) is 23.6. The number of aliphatic hydroxyl groups excluding tert-OH is 4. The zero-order valence-corrected chi connectivity index (χ0v) is 26.4. The first-order valence-corrected chi connectivity index (χ1v) is 15.4. The standard InChI is InChI=1S/C27H48O9S.Na/c1-15(14-28)6-5-7-16(2)21-23(31)24(36-37(33,34)35)22-18-12-20(30)27(32)13-17(29)8-11-26(27,4)19(18)9-10-25(21,22)3;/h15-24,28-32H,5-14H2,1-4H3,(H,33,34,35);/q;+1/p-1/t15-,16+,17-,18+,19-,20+,21-,22+,23+,24+,25+,26+,27-;/m0./s1. The third kappa shape index (κ3) is 5.55.